The van der Waals surface area contributed by atoms with Gasteiger partial charge in [0.05, 0.1) is 17.1 Å². The van der Waals surface area contributed by atoms with E-state index < -0.39 is 10.8 Å². The van der Waals surface area contributed by atoms with Crippen LogP contribution in [0.3, 0.4) is 0 Å². The Labute approximate surface area is 388 Å². The molecule has 344 valence electrons. The van der Waals surface area contributed by atoms with Crippen LogP contribution in [-0.4, -0.2) is 99.9 Å². The highest BCUT2D eigenvalue weighted by Gasteiger charge is 2.35. The van der Waals surface area contributed by atoms with Gasteiger partial charge in [-0.3, -0.25) is 24.5 Å². The lowest BCUT2D eigenvalue weighted by Crippen LogP contribution is -2.45. The number of hydrogen-bond donors (Lipinski definition) is 4. The average molecular weight is 915 g/mol. The molecule has 1 atom stereocenters. The van der Waals surface area contributed by atoms with E-state index in [9.17, 15) is 14.9 Å². The Morgan fingerprint density at radius 1 is 1.09 bits per heavy atom. The van der Waals surface area contributed by atoms with Crippen LogP contribution in [0.2, 0.25) is 5.02 Å². The molecule has 3 saturated heterocycles. The third kappa shape index (κ3) is 13.8. The topological polar surface area (TPSA) is 142 Å². The number of nitro benzene ring substituents is 1. The van der Waals surface area contributed by atoms with E-state index >= 15 is 0 Å². The first-order valence-corrected chi connectivity index (χ1v) is 23.5. The second kappa shape index (κ2) is 23.8. The van der Waals surface area contributed by atoms with Crippen molar-refractivity contribution >= 4 is 46.4 Å². The lowest BCUT2D eigenvalue weighted by Gasteiger charge is -2.37. The number of benzene rings is 2. The number of amides is 1. The molecule has 1 amide bonds. The van der Waals surface area contributed by atoms with Crippen molar-refractivity contribution in [1.82, 2.24) is 25.2 Å². The van der Waals surface area contributed by atoms with Gasteiger partial charge in [0, 0.05) is 101 Å². The van der Waals surface area contributed by atoms with E-state index in [4.69, 9.17) is 25.8 Å². The van der Waals surface area contributed by atoms with Crippen LogP contribution in [0.15, 0.2) is 125 Å². The number of nitrogens with zero attached hydrogens (tertiary/aromatic N) is 3. The van der Waals surface area contributed by atoms with E-state index in [0.717, 1.165) is 106 Å². The molecule has 0 spiro atoms. The van der Waals surface area contributed by atoms with Gasteiger partial charge in [0.15, 0.2) is 0 Å². The highest BCUT2D eigenvalue weighted by atomic mass is 35.5. The molecule has 0 radical (unpaired) electrons. The van der Waals surface area contributed by atoms with Crippen molar-refractivity contribution in [2.75, 3.05) is 84.6 Å². The standard InChI is InChI=1S/C49H64ClN7O6S/c1-6-49(18-26-62-34-49)29-45(40-8-10-41(50)11-9-40)35(2)33-55-20-22-56(23-21-55)36(3)7-13-44(37(4)63-42(32-51-5)27-39-15-19-52-30-39)48(58)54-64-43-12-14-46(47(28-43)57(59)60)53-31-38-16-24-61-25-17-38/h7-15,19,27-28,32,38,51-53H,3,6,16-18,20-26,29-31,33-34H2,1-2,4-5H3,(H,54,58)/b13-7-,39-27-,42-32+,44-37-,45-35-. The van der Waals surface area contributed by atoms with Crippen molar-refractivity contribution < 1.29 is 23.9 Å². The molecule has 3 fully saturated rings. The molecule has 0 saturated carbocycles. The van der Waals surface area contributed by atoms with E-state index in [0.29, 0.717) is 54.3 Å². The summed E-state index contributed by atoms with van der Waals surface area (Å²) >= 11 is 7.31. The second-order valence-corrected chi connectivity index (χ2v) is 18.2. The minimum absolute atomic E-state index is 0.0551. The predicted molar refractivity (Wildman–Crippen MR) is 258 cm³/mol. The van der Waals surface area contributed by atoms with Crippen molar-refractivity contribution in [3.63, 3.8) is 0 Å². The Bertz CT molecular complexity index is 2150. The molecule has 4 heterocycles. The largest absolute Gasteiger partial charge is 0.460 e. The van der Waals surface area contributed by atoms with E-state index in [1.165, 1.54) is 22.8 Å². The normalized spacial score (nSPS) is 21.1. The van der Waals surface area contributed by atoms with Gasteiger partial charge in [-0.1, -0.05) is 42.8 Å². The van der Waals surface area contributed by atoms with Crippen molar-refractivity contribution in [1.29, 1.82) is 0 Å². The van der Waals surface area contributed by atoms with Gasteiger partial charge in [0.25, 0.3) is 11.6 Å². The number of nitrogens with one attached hydrogen (secondary N) is 4. The maximum Gasteiger partial charge on any atom is 0.293 e. The zero-order valence-electron chi connectivity index (χ0n) is 37.7. The number of halogens is 1. The molecule has 0 bridgehead atoms. The second-order valence-electron chi connectivity index (χ2n) is 16.9. The lowest BCUT2D eigenvalue weighted by atomic mass is 9.76. The molecule has 1 unspecified atom stereocenters. The first kappa shape index (κ1) is 48.5. The summed E-state index contributed by atoms with van der Waals surface area (Å²) in [5, 5.41) is 22.3. The molecule has 4 N–H and O–H groups in total. The Morgan fingerprint density at radius 2 is 1.86 bits per heavy atom. The van der Waals surface area contributed by atoms with Gasteiger partial charge in [0.1, 0.15) is 17.2 Å². The summed E-state index contributed by atoms with van der Waals surface area (Å²) in [6, 6.07) is 13.2. The summed E-state index contributed by atoms with van der Waals surface area (Å²) in [6.07, 6.45) is 16.0. The van der Waals surface area contributed by atoms with Gasteiger partial charge in [0.2, 0.25) is 0 Å². The van der Waals surface area contributed by atoms with Gasteiger partial charge in [-0.25, -0.2) is 0 Å². The summed E-state index contributed by atoms with van der Waals surface area (Å²) < 4.78 is 20.6. The van der Waals surface area contributed by atoms with Crippen LogP contribution in [0.25, 0.3) is 5.57 Å². The van der Waals surface area contributed by atoms with Crippen LogP contribution in [-0.2, 0) is 19.0 Å². The van der Waals surface area contributed by atoms with Crippen LogP contribution in [0.1, 0.15) is 58.4 Å². The molecule has 4 aliphatic rings. The van der Waals surface area contributed by atoms with E-state index in [-0.39, 0.29) is 16.7 Å². The van der Waals surface area contributed by atoms with Crippen LogP contribution in [0.5, 0.6) is 0 Å². The molecule has 2 aromatic carbocycles. The van der Waals surface area contributed by atoms with Crippen LogP contribution in [0.4, 0.5) is 11.4 Å². The Hall–Kier alpha value is -4.99. The van der Waals surface area contributed by atoms with Crippen LogP contribution < -0.4 is 20.7 Å². The number of rotatable bonds is 20. The van der Waals surface area contributed by atoms with Gasteiger partial charge in [-0.2, -0.15) is 0 Å². The van der Waals surface area contributed by atoms with Gasteiger partial charge < -0.3 is 35.1 Å². The summed E-state index contributed by atoms with van der Waals surface area (Å²) in [5.74, 6) is 0.854. The number of piperazine rings is 1. The molecule has 13 nitrogen and oxygen atoms in total. The molecule has 4 aliphatic heterocycles. The molecular formula is C49H64ClN7O6S. The van der Waals surface area contributed by atoms with Crippen molar-refractivity contribution in [2.24, 2.45) is 11.3 Å². The molecule has 0 aromatic heterocycles. The average Bonchev–Trinajstić information content (AvgIpc) is 4.01. The summed E-state index contributed by atoms with van der Waals surface area (Å²) in [5.41, 5.74) is 6.57. The number of ether oxygens (including phenoxy) is 3. The van der Waals surface area contributed by atoms with Crippen molar-refractivity contribution in [2.45, 2.75) is 57.8 Å². The molecule has 6 rings (SSSR count). The quantitative estimate of drug-likeness (QED) is 0.0252. The Kier molecular flexibility index (Phi) is 18.0. The SMILES string of the molecule is C=C(/C=C\C(C(=O)NSc1ccc(NCC2CCOCC2)c([N+](=O)[O-])c1)=C(/C)OC(/C=C1/C=CNC1)=C/NC)N1CCN(C/C(C)=C(/CC2(CC)CCOC2)c2ccc(Cl)cc2)CC1. The maximum absolute atomic E-state index is 14.0. The molecule has 15 heteroatoms. The van der Waals surface area contributed by atoms with Crippen molar-refractivity contribution in [3.8, 4) is 0 Å². The smallest absolute Gasteiger partial charge is 0.293 e. The zero-order valence-corrected chi connectivity index (χ0v) is 39.3. The number of hydrogen-bond acceptors (Lipinski definition) is 12. The third-order valence-corrected chi connectivity index (χ3v) is 13.5. The third-order valence-electron chi connectivity index (χ3n) is 12.5. The number of nitro groups is 1. The number of carbonyl (C=O) groups is 1. The first-order valence-electron chi connectivity index (χ1n) is 22.3. The monoisotopic (exact) mass is 913 g/mol. The fourth-order valence-corrected chi connectivity index (χ4v) is 9.13. The molecule has 64 heavy (non-hydrogen) atoms. The van der Waals surface area contributed by atoms with Crippen molar-refractivity contribution in [3.05, 3.63) is 140 Å². The minimum atomic E-state index is -0.424. The van der Waals surface area contributed by atoms with Crippen LogP contribution in [0, 0.1) is 21.4 Å². The minimum Gasteiger partial charge on any atom is -0.460 e. The summed E-state index contributed by atoms with van der Waals surface area (Å²) in [7, 11) is 1.78. The molecular weight excluding hydrogens is 850 g/mol. The molecule has 0 aliphatic carbocycles. The van der Waals surface area contributed by atoms with E-state index in [2.05, 4.69) is 63.0 Å². The van der Waals surface area contributed by atoms with Gasteiger partial charge in [-0.05, 0) is 141 Å². The van der Waals surface area contributed by atoms with Gasteiger partial charge >= 0.3 is 0 Å². The first-order chi connectivity index (χ1) is 31.0. The maximum atomic E-state index is 14.0. The fourth-order valence-electron chi connectivity index (χ4n) is 8.38. The Morgan fingerprint density at radius 3 is 2.52 bits per heavy atom. The summed E-state index contributed by atoms with van der Waals surface area (Å²) in [4.78, 5) is 31.0. The molecule has 2 aromatic rings. The van der Waals surface area contributed by atoms with E-state index in [1.54, 1.807) is 38.4 Å². The number of anilines is 1. The summed E-state index contributed by atoms with van der Waals surface area (Å²) in [6.45, 7) is 19.1. The highest BCUT2D eigenvalue weighted by molar-refractivity contribution is 7.98. The van der Waals surface area contributed by atoms with E-state index in [1.807, 2.05) is 36.6 Å². The van der Waals surface area contributed by atoms with Crippen LogP contribution >= 0.6 is 23.5 Å². The lowest BCUT2D eigenvalue weighted by molar-refractivity contribution is -0.384. The predicted octanol–water partition coefficient (Wildman–Crippen LogP) is 8.97. The van der Waals surface area contributed by atoms with Gasteiger partial charge in [-0.15, -0.1) is 0 Å². The highest BCUT2D eigenvalue weighted by Crippen LogP contribution is 2.42. The zero-order chi connectivity index (χ0) is 45.5. The Balaban J connectivity index is 1.14. The number of allylic oxidation sites excluding steroid dienone is 4. The fraction of sp³-hybridized carbons (Fsp3) is 0.449. The number of carbonyl (C=O) groups excluding carboxylic acids is 1.